The summed E-state index contributed by atoms with van der Waals surface area (Å²) in [5, 5.41) is 3.06. The van der Waals surface area contributed by atoms with Crippen LogP contribution in [0.3, 0.4) is 0 Å². The van der Waals surface area contributed by atoms with Crippen LogP contribution in [0.15, 0.2) is 108 Å². The van der Waals surface area contributed by atoms with Gasteiger partial charge in [0.1, 0.15) is 5.82 Å². The largest absolute Gasteiger partial charge is 0.352 e. The molecule has 1 saturated heterocycles. The molecule has 6 nitrogen and oxygen atoms in total. The van der Waals surface area contributed by atoms with E-state index in [4.69, 9.17) is 4.99 Å². The third-order valence-electron chi connectivity index (χ3n) is 8.62. The lowest BCUT2D eigenvalue weighted by molar-refractivity contribution is -0.121. The van der Waals surface area contributed by atoms with Crippen LogP contribution < -0.4 is 10.2 Å². The second-order valence-corrected chi connectivity index (χ2v) is 11.7. The van der Waals surface area contributed by atoms with Gasteiger partial charge in [-0.3, -0.25) is 4.79 Å². The molecule has 0 radical (unpaired) electrons. The molecule has 2 aliphatic rings. The van der Waals surface area contributed by atoms with Crippen LogP contribution in [-0.2, 0) is 11.3 Å². The van der Waals surface area contributed by atoms with Gasteiger partial charge >= 0.3 is 0 Å². The van der Waals surface area contributed by atoms with Crippen LogP contribution >= 0.6 is 0 Å². The number of benzene rings is 4. The van der Waals surface area contributed by atoms with Crippen molar-refractivity contribution in [2.24, 2.45) is 4.99 Å². The number of para-hydroxylation sites is 1. The number of hydrogen-bond donors (Lipinski definition) is 1. The van der Waals surface area contributed by atoms with Crippen LogP contribution in [-0.4, -0.2) is 54.9 Å². The van der Waals surface area contributed by atoms with Gasteiger partial charge in [-0.25, -0.2) is 9.38 Å². The third kappa shape index (κ3) is 7.00. The highest BCUT2D eigenvalue weighted by Gasteiger charge is 2.34. The van der Waals surface area contributed by atoms with Crippen LogP contribution in [0.25, 0.3) is 11.1 Å². The molecule has 4 aromatic rings. The standard InChI is InChI=1S/C37H40FN5O/c1-41(24-25-42-22-8-3-9-23-42)37-40-34-13-7-6-12-33(34)35(26-36(44)39-27-28-14-18-31(38)19-15-28)43(37)32-20-16-30(17-21-32)29-10-4-2-5-11-29/h2,4-7,10-21,35H,3,8-9,22-27H2,1H3,(H,39,44). The van der Waals surface area contributed by atoms with Crippen molar-refractivity contribution in [3.63, 3.8) is 0 Å². The number of nitrogens with zero attached hydrogens (tertiary/aromatic N) is 4. The first kappa shape index (κ1) is 29.6. The van der Waals surface area contributed by atoms with Gasteiger partial charge in [0.05, 0.1) is 18.2 Å². The fourth-order valence-electron chi connectivity index (χ4n) is 6.15. The van der Waals surface area contributed by atoms with Crippen LogP contribution in [0.5, 0.6) is 0 Å². The molecule has 2 aliphatic heterocycles. The molecule has 0 saturated carbocycles. The van der Waals surface area contributed by atoms with Crippen LogP contribution in [0, 0.1) is 5.82 Å². The topological polar surface area (TPSA) is 51.2 Å². The normalized spacial score (nSPS) is 16.6. The Balaban J connectivity index is 1.30. The van der Waals surface area contributed by atoms with E-state index in [0.29, 0.717) is 6.54 Å². The number of piperidine rings is 1. The number of hydrogen-bond acceptors (Lipinski definition) is 5. The molecule has 1 amide bonds. The second-order valence-electron chi connectivity index (χ2n) is 11.7. The molecule has 4 aromatic carbocycles. The van der Waals surface area contributed by atoms with Gasteiger partial charge in [-0.1, -0.05) is 79.2 Å². The molecule has 1 fully saturated rings. The summed E-state index contributed by atoms with van der Waals surface area (Å²) in [6.45, 7) is 4.44. The van der Waals surface area contributed by atoms with Crippen molar-refractivity contribution >= 4 is 23.2 Å². The Kier molecular flexibility index (Phi) is 9.32. The Hall–Kier alpha value is -4.49. The number of amides is 1. The molecule has 0 spiro atoms. The Morgan fingerprint density at radius 2 is 1.55 bits per heavy atom. The Bertz CT molecular complexity index is 1570. The summed E-state index contributed by atoms with van der Waals surface area (Å²) in [7, 11) is 2.10. The summed E-state index contributed by atoms with van der Waals surface area (Å²) < 4.78 is 13.4. The maximum absolute atomic E-state index is 13.5. The number of aliphatic imine (C=N–C) groups is 1. The lowest BCUT2D eigenvalue weighted by Crippen LogP contribution is -2.49. The molecule has 0 aromatic heterocycles. The van der Waals surface area contributed by atoms with E-state index in [1.807, 2.05) is 36.4 Å². The summed E-state index contributed by atoms with van der Waals surface area (Å²) in [6, 6.07) is 33.0. The number of nitrogens with one attached hydrogen (secondary N) is 1. The number of fused-ring (bicyclic) bond motifs is 1. The number of carbonyl (C=O) groups is 1. The molecule has 1 atom stereocenters. The summed E-state index contributed by atoms with van der Waals surface area (Å²) in [6.07, 6.45) is 4.07. The molecule has 0 aliphatic carbocycles. The van der Waals surface area contributed by atoms with E-state index in [9.17, 15) is 9.18 Å². The lowest BCUT2D eigenvalue weighted by Gasteiger charge is -2.41. The molecular formula is C37H40FN5O. The zero-order valence-corrected chi connectivity index (χ0v) is 25.3. The molecular weight excluding hydrogens is 549 g/mol. The molecule has 1 unspecified atom stereocenters. The van der Waals surface area contributed by atoms with E-state index in [1.54, 1.807) is 12.1 Å². The number of rotatable bonds is 9. The first-order valence-corrected chi connectivity index (χ1v) is 15.6. The van der Waals surface area contributed by atoms with E-state index in [1.165, 1.54) is 31.4 Å². The summed E-state index contributed by atoms with van der Waals surface area (Å²) in [5.41, 5.74) is 6.05. The zero-order valence-electron chi connectivity index (χ0n) is 25.3. The van der Waals surface area contributed by atoms with Gasteiger partial charge in [-0.15, -0.1) is 0 Å². The van der Waals surface area contributed by atoms with Gasteiger partial charge in [0.25, 0.3) is 0 Å². The smallest absolute Gasteiger partial charge is 0.222 e. The van der Waals surface area contributed by atoms with E-state index in [-0.39, 0.29) is 24.2 Å². The molecule has 6 rings (SSSR count). The van der Waals surface area contributed by atoms with Crippen molar-refractivity contribution in [1.29, 1.82) is 0 Å². The van der Waals surface area contributed by atoms with E-state index in [2.05, 4.69) is 69.5 Å². The van der Waals surface area contributed by atoms with Crippen molar-refractivity contribution in [2.75, 3.05) is 38.1 Å². The maximum Gasteiger partial charge on any atom is 0.222 e. The number of guanidine groups is 1. The number of carbonyl (C=O) groups excluding carboxylic acids is 1. The molecule has 0 bridgehead atoms. The highest BCUT2D eigenvalue weighted by Crippen LogP contribution is 2.40. The van der Waals surface area contributed by atoms with Gasteiger partial charge in [-0.2, -0.15) is 0 Å². The molecule has 7 heteroatoms. The van der Waals surface area contributed by atoms with Crippen molar-refractivity contribution in [3.05, 3.63) is 120 Å². The highest BCUT2D eigenvalue weighted by atomic mass is 19.1. The third-order valence-corrected chi connectivity index (χ3v) is 8.62. The maximum atomic E-state index is 13.5. The Labute approximate surface area is 259 Å². The second kappa shape index (κ2) is 13.9. The highest BCUT2D eigenvalue weighted by molar-refractivity contribution is 6.01. The molecule has 2 heterocycles. The van der Waals surface area contributed by atoms with Gasteiger partial charge in [-0.05, 0) is 73.0 Å². The first-order valence-electron chi connectivity index (χ1n) is 15.6. The molecule has 226 valence electrons. The van der Waals surface area contributed by atoms with Gasteiger partial charge in [0.15, 0.2) is 0 Å². The van der Waals surface area contributed by atoms with E-state index in [0.717, 1.165) is 65.8 Å². The number of likely N-dealkylation sites (N-methyl/N-ethyl adjacent to an activating group) is 1. The Morgan fingerprint density at radius 3 is 2.30 bits per heavy atom. The summed E-state index contributed by atoms with van der Waals surface area (Å²) in [4.78, 5) is 25.7. The van der Waals surface area contributed by atoms with Gasteiger partial charge < -0.3 is 20.0 Å². The molecule has 1 N–H and O–H groups in total. The SMILES string of the molecule is CN(CCN1CCCCC1)C1=Nc2ccccc2C(CC(=O)NCc2ccc(F)cc2)N1c1ccc(-c2ccccc2)cc1. The van der Waals surface area contributed by atoms with Crippen LogP contribution in [0.4, 0.5) is 15.8 Å². The predicted octanol–water partition coefficient (Wildman–Crippen LogP) is 7.17. The average Bonchev–Trinajstić information content (AvgIpc) is 3.08. The predicted molar refractivity (Wildman–Crippen MR) is 176 cm³/mol. The van der Waals surface area contributed by atoms with Gasteiger partial charge in [0, 0.05) is 37.9 Å². The minimum Gasteiger partial charge on any atom is -0.352 e. The Morgan fingerprint density at radius 1 is 0.864 bits per heavy atom. The van der Waals surface area contributed by atoms with Crippen molar-refractivity contribution < 1.29 is 9.18 Å². The first-order chi connectivity index (χ1) is 21.5. The summed E-state index contributed by atoms with van der Waals surface area (Å²) in [5.74, 6) is 0.478. The number of halogens is 1. The van der Waals surface area contributed by atoms with Crippen LogP contribution in [0.2, 0.25) is 0 Å². The van der Waals surface area contributed by atoms with Crippen LogP contribution in [0.1, 0.15) is 42.9 Å². The summed E-state index contributed by atoms with van der Waals surface area (Å²) >= 11 is 0. The molecule has 44 heavy (non-hydrogen) atoms. The average molecular weight is 590 g/mol. The number of likely N-dealkylation sites (tertiary alicyclic amines) is 1. The van der Waals surface area contributed by atoms with E-state index < -0.39 is 0 Å². The minimum absolute atomic E-state index is 0.0720. The van der Waals surface area contributed by atoms with Crippen molar-refractivity contribution in [2.45, 2.75) is 38.3 Å². The van der Waals surface area contributed by atoms with Crippen molar-refractivity contribution in [1.82, 2.24) is 15.1 Å². The lowest BCUT2D eigenvalue weighted by atomic mass is 9.96. The van der Waals surface area contributed by atoms with E-state index >= 15 is 0 Å². The zero-order chi connectivity index (χ0) is 30.3. The fraction of sp³-hybridized carbons (Fsp3) is 0.297. The van der Waals surface area contributed by atoms with Crippen molar-refractivity contribution in [3.8, 4) is 11.1 Å². The number of anilines is 1. The van der Waals surface area contributed by atoms with Gasteiger partial charge in [0.2, 0.25) is 11.9 Å². The minimum atomic E-state index is -0.288. The fourth-order valence-corrected chi connectivity index (χ4v) is 6.15. The quantitative estimate of drug-likeness (QED) is 0.225. The monoisotopic (exact) mass is 589 g/mol.